The van der Waals surface area contributed by atoms with Gasteiger partial charge in [-0.2, -0.15) is 0 Å². The molecule has 2 fully saturated rings. The molecule has 78 heavy (non-hydrogen) atoms. The Morgan fingerprint density at radius 3 is 1.13 bits per heavy atom. The monoisotopic (exact) mass is 1110 g/mol. The minimum Gasteiger partial charge on any atom is -0.462 e. The highest BCUT2D eigenvalue weighted by Gasteiger charge is 2.47. The van der Waals surface area contributed by atoms with Crippen LogP contribution in [0.25, 0.3) is 0 Å². The number of allylic oxidation sites excluding steroid dienone is 2. The van der Waals surface area contributed by atoms with Gasteiger partial charge in [0.2, 0.25) is 0 Å². The predicted octanol–water partition coefficient (Wildman–Crippen LogP) is 12.1. The molecule has 15 heteroatoms. The van der Waals surface area contributed by atoms with Gasteiger partial charge in [0.15, 0.2) is 18.7 Å². The molecule has 0 aromatic heterocycles. The topological polar surface area (TPSA) is 231 Å². The highest BCUT2D eigenvalue weighted by Crippen LogP contribution is 2.27. The quantitative estimate of drug-likeness (QED) is 0.0171. The Labute approximate surface area is 473 Å². The summed E-state index contributed by atoms with van der Waals surface area (Å²) in [4.78, 5) is 26.0. The molecule has 11 unspecified atom stereocenters. The Kier molecular flexibility index (Phi) is 46.2. The molecule has 2 aliphatic heterocycles. The van der Waals surface area contributed by atoms with Crippen LogP contribution in [-0.2, 0) is 38.0 Å². The fourth-order valence-electron chi connectivity index (χ4n) is 10.5. The first-order valence-electron chi connectivity index (χ1n) is 32.3. The fraction of sp³-hybridized carbons (Fsp3) is 0.937. The molecule has 2 rings (SSSR count). The lowest BCUT2D eigenvalue weighted by Crippen LogP contribution is -2.61. The van der Waals surface area contributed by atoms with Gasteiger partial charge < -0.3 is 64.2 Å². The molecule has 0 bridgehead atoms. The average molecular weight is 1120 g/mol. The molecule has 0 aromatic rings. The van der Waals surface area contributed by atoms with Crippen molar-refractivity contribution in [1.82, 2.24) is 0 Å². The normalized spacial score (nSPS) is 24.0. The zero-order valence-corrected chi connectivity index (χ0v) is 49.4. The van der Waals surface area contributed by atoms with E-state index in [4.69, 9.17) is 28.4 Å². The first kappa shape index (κ1) is 72.3. The zero-order valence-electron chi connectivity index (χ0n) is 49.4. The van der Waals surface area contributed by atoms with Crippen molar-refractivity contribution >= 4 is 11.9 Å². The third-order valence-corrected chi connectivity index (χ3v) is 15.7. The summed E-state index contributed by atoms with van der Waals surface area (Å²) < 4.78 is 33.8. The van der Waals surface area contributed by atoms with E-state index in [1.807, 2.05) is 0 Å². The lowest BCUT2D eigenvalue weighted by Gasteiger charge is -2.42. The van der Waals surface area contributed by atoms with Crippen molar-refractivity contribution in [1.29, 1.82) is 0 Å². The van der Waals surface area contributed by atoms with Crippen LogP contribution in [-0.4, -0.2) is 142 Å². The third-order valence-electron chi connectivity index (χ3n) is 15.7. The second-order valence-electron chi connectivity index (χ2n) is 23.0. The van der Waals surface area contributed by atoms with E-state index in [1.54, 1.807) is 0 Å². The Hall–Kier alpha value is -1.76. The summed E-state index contributed by atoms with van der Waals surface area (Å²) in [5.74, 6) is -0.906. The number of carbonyl (C=O) groups excluding carboxylic acids is 2. The van der Waals surface area contributed by atoms with Crippen LogP contribution in [0.15, 0.2) is 12.2 Å². The number of ether oxygens (including phenoxy) is 6. The predicted molar refractivity (Wildman–Crippen MR) is 308 cm³/mol. The molecular weight excluding hydrogens is 997 g/mol. The van der Waals surface area contributed by atoms with Crippen molar-refractivity contribution in [2.24, 2.45) is 0 Å². The van der Waals surface area contributed by atoms with E-state index in [2.05, 4.69) is 26.0 Å². The molecule has 0 spiro atoms. The van der Waals surface area contributed by atoms with E-state index in [0.29, 0.717) is 12.8 Å². The standard InChI is InChI=1S/C63H118O15/c1-3-5-7-9-11-13-15-17-19-21-23-24-25-26-28-30-32-34-36-38-40-42-44-46-55(66)76-51(48-73-54(65)45-43-41-39-37-35-33-31-29-27-22-20-18-16-14-12-10-8-6-4-2)49-74-62-61(72)59(70)57(68)53(78-62)50-75-63-60(71)58(69)56(67)52(47-64)77-63/h21,23,51-53,56-64,67-72H,3-20,22,24-50H2,1-2H3/b23-21-. The van der Waals surface area contributed by atoms with Gasteiger partial charge in [-0.15, -0.1) is 0 Å². The molecule has 2 saturated heterocycles. The van der Waals surface area contributed by atoms with Gasteiger partial charge in [-0.05, 0) is 38.5 Å². The molecule has 2 heterocycles. The molecule has 0 aromatic carbocycles. The summed E-state index contributed by atoms with van der Waals surface area (Å²) in [5, 5.41) is 72.4. The van der Waals surface area contributed by atoms with E-state index in [9.17, 15) is 45.3 Å². The van der Waals surface area contributed by atoms with Crippen molar-refractivity contribution in [2.45, 2.75) is 351 Å². The molecule has 7 N–H and O–H groups in total. The van der Waals surface area contributed by atoms with Gasteiger partial charge in [0, 0.05) is 12.8 Å². The molecule has 0 aliphatic carbocycles. The van der Waals surface area contributed by atoms with E-state index >= 15 is 0 Å². The van der Waals surface area contributed by atoms with Crippen molar-refractivity contribution < 1.29 is 73.8 Å². The van der Waals surface area contributed by atoms with Gasteiger partial charge in [-0.3, -0.25) is 9.59 Å². The molecule has 15 nitrogen and oxygen atoms in total. The molecule has 0 amide bonds. The lowest BCUT2D eigenvalue weighted by molar-refractivity contribution is -0.332. The van der Waals surface area contributed by atoms with Crippen LogP contribution in [0.2, 0.25) is 0 Å². The number of rotatable bonds is 53. The minimum absolute atomic E-state index is 0.170. The number of aliphatic hydroxyl groups is 7. The fourth-order valence-corrected chi connectivity index (χ4v) is 10.5. The van der Waals surface area contributed by atoms with Gasteiger partial charge in [0.1, 0.15) is 55.4 Å². The Balaban J connectivity index is 1.70. The van der Waals surface area contributed by atoms with E-state index in [-0.39, 0.29) is 26.1 Å². The molecule has 460 valence electrons. The summed E-state index contributed by atoms with van der Waals surface area (Å²) in [6, 6.07) is 0. The van der Waals surface area contributed by atoms with E-state index < -0.39 is 92.7 Å². The SMILES string of the molecule is CCCCCCCCCC/C=C\CCCCCCCCCCCCCC(=O)OC(COC(=O)CCCCCCCCCCCCCCCCCCCCC)COC1OC(COC2OC(CO)C(O)C(O)C2O)C(O)C(O)C1O. The summed E-state index contributed by atoms with van der Waals surface area (Å²) in [6.45, 7) is 2.67. The van der Waals surface area contributed by atoms with Gasteiger partial charge in [0.25, 0.3) is 0 Å². The minimum atomic E-state index is -1.76. The van der Waals surface area contributed by atoms with E-state index in [0.717, 1.165) is 38.5 Å². The summed E-state index contributed by atoms with van der Waals surface area (Å²) in [6.07, 6.45) is 38.0. The van der Waals surface area contributed by atoms with Crippen LogP contribution in [0.1, 0.15) is 284 Å². The summed E-state index contributed by atoms with van der Waals surface area (Å²) in [7, 11) is 0. The van der Waals surface area contributed by atoms with Crippen molar-refractivity contribution in [3.63, 3.8) is 0 Å². The molecule has 0 saturated carbocycles. The smallest absolute Gasteiger partial charge is 0.306 e. The highest BCUT2D eigenvalue weighted by molar-refractivity contribution is 5.70. The van der Waals surface area contributed by atoms with Gasteiger partial charge in [0.05, 0.1) is 19.8 Å². The van der Waals surface area contributed by atoms with Crippen LogP contribution in [0, 0.1) is 0 Å². The van der Waals surface area contributed by atoms with Crippen molar-refractivity contribution in [3.05, 3.63) is 12.2 Å². The Bertz CT molecular complexity index is 1400. The van der Waals surface area contributed by atoms with Crippen LogP contribution >= 0.6 is 0 Å². The number of esters is 2. The average Bonchev–Trinajstić information content (AvgIpc) is 3.44. The van der Waals surface area contributed by atoms with Crippen LogP contribution in [0.3, 0.4) is 0 Å². The van der Waals surface area contributed by atoms with Crippen LogP contribution in [0.4, 0.5) is 0 Å². The first-order valence-corrected chi connectivity index (χ1v) is 32.3. The highest BCUT2D eigenvalue weighted by atomic mass is 16.7. The van der Waals surface area contributed by atoms with Gasteiger partial charge in [-0.25, -0.2) is 0 Å². The molecule has 0 radical (unpaired) electrons. The zero-order chi connectivity index (χ0) is 56.7. The number of hydrogen-bond acceptors (Lipinski definition) is 15. The molecule has 2 aliphatic rings. The summed E-state index contributed by atoms with van der Waals surface area (Å²) >= 11 is 0. The first-order chi connectivity index (χ1) is 38.0. The lowest BCUT2D eigenvalue weighted by atomic mass is 9.98. The van der Waals surface area contributed by atoms with E-state index in [1.165, 1.54) is 205 Å². The second kappa shape index (κ2) is 49.8. The van der Waals surface area contributed by atoms with Crippen molar-refractivity contribution in [3.8, 4) is 0 Å². The summed E-state index contributed by atoms with van der Waals surface area (Å²) in [5.41, 5.74) is 0. The molecule has 11 atom stereocenters. The second-order valence-corrected chi connectivity index (χ2v) is 23.0. The van der Waals surface area contributed by atoms with Crippen LogP contribution < -0.4 is 0 Å². The number of carbonyl (C=O) groups is 2. The Morgan fingerprint density at radius 1 is 0.397 bits per heavy atom. The maximum atomic E-state index is 13.1. The van der Waals surface area contributed by atoms with Gasteiger partial charge >= 0.3 is 11.9 Å². The largest absolute Gasteiger partial charge is 0.462 e. The molecular formula is C63H118O15. The van der Waals surface area contributed by atoms with Crippen molar-refractivity contribution in [2.75, 3.05) is 26.4 Å². The number of hydrogen-bond donors (Lipinski definition) is 7. The third kappa shape index (κ3) is 36.0. The van der Waals surface area contributed by atoms with Gasteiger partial charge in [-0.1, -0.05) is 244 Å². The maximum Gasteiger partial charge on any atom is 0.306 e. The maximum absolute atomic E-state index is 13.1. The van der Waals surface area contributed by atoms with Crippen LogP contribution in [0.5, 0.6) is 0 Å². The number of unbranched alkanes of at least 4 members (excludes halogenated alkanes) is 37. The number of aliphatic hydroxyl groups excluding tert-OH is 7. The Morgan fingerprint density at radius 2 is 0.731 bits per heavy atom.